The second-order valence-corrected chi connectivity index (χ2v) is 9.23. The fourth-order valence-corrected chi connectivity index (χ4v) is 5.84. The molecule has 3 aliphatic rings. The third kappa shape index (κ3) is 3.71. The van der Waals surface area contributed by atoms with Gasteiger partial charge in [0.25, 0.3) is 0 Å². The lowest BCUT2D eigenvalue weighted by Gasteiger charge is -2.50. The summed E-state index contributed by atoms with van der Waals surface area (Å²) in [6.07, 6.45) is 10.3. The molecule has 1 aromatic carbocycles. The highest BCUT2D eigenvalue weighted by Crippen LogP contribution is 2.50. The number of amides is 1. The number of benzene rings is 1. The molecule has 2 aliphatic carbocycles. The van der Waals surface area contributed by atoms with Gasteiger partial charge in [0.15, 0.2) is 0 Å². The second-order valence-electron chi connectivity index (χ2n) is 9.23. The van der Waals surface area contributed by atoms with Crippen molar-refractivity contribution < 1.29 is 14.3 Å². The molecule has 0 bridgehead atoms. The van der Waals surface area contributed by atoms with E-state index >= 15 is 0 Å². The SMILES string of the molecule is COC1(c2cccc(C(N)=O)c2)/C(=C/NC2CC3(CCOCC3)C2)CCCC1C. The van der Waals surface area contributed by atoms with Crippen LogP contribution >= 0.6 is 0 Å². The van der Waals surface area contributed by atoms with Crippen LogP contribution in [0, 0.1) is 11.3 Å². The fraction of sp³-hybridized carbons (Fsp3) is 0.625. The maximum Gasteiger partial charge on any atom is 0.248 e. The zero-order chi connectivity index (χ0) is 20.5. The zero-order valence-corrected chi connectivity index (χ0v) is 17.7. The maximum atomic E-state index is 11.7. The molecule has 0 aromatic heterocycles. The first kappa shape index (κ1) is 20.4. The van der Waals surface area contributed by atoms with Gasteiger partial charge in [-0.1, -0.05) is 19.1 Å². The van der Waals surface area contributed by atoms with Gasteiger partial charge in [0, 0.05) is 31.9 Å². The lowest BCUT2D eigenvalue weighted by molar-refractivity contribution is -0.0475. The lowest BCUT2D eigenvalue weighted by Crippen LogP contribution is -2.50. The molecule has 5 nitrogen and oxygen atoms in total. The van der Waals surface area contributed by atoms with E-state index in [0.717, 1.165) is 38.0 Å². The van der Waals surface area contributed by atoms with Crippen LogP contribution in [0.5, 0.6) is 0 Å². The molecule has 3 fully saturated rings. The summed E-state index contributed by atoms with van der Waals surface area (Å²) in [7, 11) is 1.78. The predicted octanol–water partition coefficient (Wildman–Crippen LogP) is 3.88. The van der Waals surface area contributed by atoms with Gasteiger partial charge in [-0.25, -0.2) is 0 Å². The Balaban J connectivity index is 1.56. The summed E-state index contributed by atoms with van der Waals surface area (Å²) in [5.74, 6) is -0.0814. The van der Waals surface area contributed by atoms with Crippen LogP contribution in [0.3, 0.4) is 0 Å². The molecule has 2 atom stereocenters. The van der Waals surface area contributed by atoms with Gasteiger partial charge in [-0.2, -0.15) is 0 Å². The van der Waals surface area contributed by atoms with E-state index < -0.39 is 11.5 Å². The molecule has 1 saturated heterocycles. The standard InChI is InChI=1S/C24H34N2O3/c1-17-5-3-8-20(16-26-21-14-23(15-21)9-11-29-12-10-23)24(17,28-2)19-7-4-6-18(13-19)22(25)27/h4,6-7,13,16-17,21,26H,3,5,8-12,14-15H2,1-2H3,(H2,25,27)/b20-16+. The van der Waals surface area contributed by atoms with Crippen LogP contribution < -0.4 is 11.1 Å². The normalized spacial score (nSPS) is 30.8. The summed E-state index contributed by atoms with van der Waals surface area (Å²) in [5.41, 5.74) is 8.35. The summed E-state index contributed by atoms with van der Waals surface area (Å²) < 4.78 is 11.8. The minimum atomic E-state index is -0.517. The number of primary amides is 1. The maximum absolute atomic E-state index is 11.7. The average molecular weight is 399 g/mol. The number of methoxy groups -OCH3 is 1. The van der Waals surface area contributed by atoms with E-state index in [4.69, 9.17) is 15.2 Å². The summed E-state index contributed by atoms with van der Waals surface area (Å²) in [6.45, 7) is 4.07. The molecule has 1 heterocycles. The molecule has 3 N–H and O–H groups in total. The Morgan fingerprint density at radius 1 is 1.31 bits per heavy atom. The van der Waals surface area contributed by atoms with Crippen molar-refractivity contribution in [3.63, 3.8) is 0 Å². The number of hydrogen-bond donors (Lipinski definition) is 2. The average Bonchev–Trinajstić information content (AvgIpc) is 2.71. The smallest absolute Gasteiger partial charge is 0.248 e. The van der Waals surface area contributed by atoms with Gasteiger partial charge < -0.3 is 20.5 Å². The molecule has 2 saturated carbocycles. The van der Waals surface area contributed by atoms with Gasteiger partial charge in [0.05, 0.1) is 0 Å². The second kappa shape index (κ2) is 8.11. The molecule has 1 amide bonds. The van der Waals surface area contributed by atoms with Crippen LogP contribution in [0.25, 0.3) is 0 Å². The molecule has 5 heteroatoms. The van der Waals surface area contributed by atoms with E-state index in [2.05, 4.69) is 24.5 Å². The first-order chi connectivity index (χ1) is 14.0. The molecule has 1 aliphatic heterocycles. The van der Waals surface area contributed by atoms with Crippen LogP contribution in [0.1, 0.15) is 67.8 Å². The van der Waals surface area contributed by atoms with Gasteiger partial charge in [-0.15, -0.1) is 0 Å². The van der Waals surface area contributed by atoms with E-state index in [1.807, 2.05) is 12.1 Å². The zero-order valence-electron chi connectivity index (χ0n) is 17.7. The Labute approximate surface area is 174 Å². The molecule has 1 spiro atoms. The van der Waals surface area contributed by atoms with Crippen molar-refractivity contribution in [2.45, 2.75) is 63.5 Å². The Hall–Kier alpha value is -1.85. The van der Waals surface area contributed by atoms with Crippen molar-refractivity contribution in [3.8, 4) is 0 Å². The fourth-order valence-electron chi connectivity index (χ4n) is 5.84. The van der Waals surface area contributed by atoms with E-state index in [-0.39, 0.29) is 0 Å². The number of carbonyl (C=O) groups is 1. The summed E-state index contributed by atoms with van der Waals surface area (Å²) in [5, 5.41) is 3.70. The Morgan fingerprint density at radius 2 is 2.07 bits per heavy atom. The van der Waals surface area contributed by atoms with Gasteiger partial charge in [-0.05, 0) is 85.7 Å². The molecule has 158 valence electrons. The molecule has 1 aromatic rings. The number of rotatable bonds is 5. The number of nitrogens with one attached hydrogen (secondary N) is 1. The van der Waals surface area contributed by atoms with Crippen LogP contribution in [0.15, 0.2) is 36.0 Å². The summed E-state index contributed by atoms with van der Waals surface area (Å²) >= 11 is 0. The van der Waals surface area contributed by atoms with Gasteiger partial charge in [-0.3, -0.25) is 4.79 Å². The van der Waals surface area contributed by atoms with Crippen LogP contribution in [0.2, 0.25) is 0 Å². The Morgan fingerprint density at radius 3 is 2.76 bits per heavy atom. The number of ether oxygens (including phenoxy) is 2. The monoisotopic (exact) mass is 398 g/mol. The van der Waals surface area contributed by atoms with Crippen molar-refractivity contribution in [1.29, 1.82) is 0 Å². The third-order valence-electron chi connectivity index (χ3n) is 7.56. The molecule has 2 unspecified atom stereocenters. The van der Waals surface area contributed by atoms with Crippen molar-refractivity contribution in [2.24, 2.45) is 17.1 Å². The Kier molecular flexibility index (Phi) is 5.71. The van der Waals surface area contributed by atoms with E-state index in [1.54, 1.807) is 13.2 Å². The van der Waals surface area contributed by atoms with Crippen molar-refractivity contribution in [2.75, 3.05) is 20.3 Å². The van der Waals surface area contributed by atoms with Gasteiger partial charge in [0.1, 0.15) is 5.60 Å². The first-order valence-electron chi connectivity index (χ1n) is 11.0. The molecule has 29 heavy (non-hydrogen) atoms. The van der Waals surface area contributed by atoms with Gasteiger partial charge >= 0.3 is 0 Å². The topological polar surface area (TPSA) is 73.6 Å². The first-order valence-corrected chi connectivity index (χ1v) is 11.0. The van der Waals surface area contributed by atoms with E-state index in [1.165, 1.54) is 31.3 Å². The molecular weight excluding hydrogens is 364 g/mol. The summed E-state index contributed by atoms with van der Waals surface area (Å²) in [6, 6.07) is 8.17. The third-order valence-corrected chi connectivity index (χ3v) is 7.56. The van der Waals surface area contributed by atoms with Crippen molar-refractivity contribution in [3.05, 3.63) is 47.2 Å². The predicted molar refractivity (Wildman–Crippen MR) is 113 cm³/mol. The lowest BCUT2D eigenvalue weighted by atomic mass is 9.61. The molecular formula is C24H34N2O3. The van der Waals surface area contributed by atoms with Crippen LogP contribution in [-0.2, 0) is 15.1 Å². The van der Waals surface area contributed by atoms with Crippen LogP contribution in [-0.4, -0.2) is 32.3 Å². The van der Waals surface area contributed by atoms with E-state index in [0.29, 0.717) is 22.9 Å². The number of carbonyl (C=O) groups excluding carboxylic acids is 1. The summed E-state index contributed by atoms with van der Waals surface area (Å²) in [4.78, 5) is 11.7. The minimum Gasteiger partial charge on any atom is -0.388 e. The highest BCUT2D eigenvalue weighted by atomic mass is 16.5. The highest BCUT2D eigenvalue weighted by Gasteiger charge is 2.46. The largest absolute Gasteiger partial charge is 0.388 e. The molecule has 0 radical (unpaired) electrons. The quantitative estimate of drug-likeness (QED) is 0.789. The Bertz CT molecular complexity index is 776. The molecule has 4 rings (SSSR count). The van der Waals surface area contributed by atoms with Gasteiger partial charge in [0.2, 0.25) is 5.91 Å². The van der Waals surface area contributed by atoms with Crippen molar-refractivity contribution >= 4 is 5.91 Å². The highest BCUT2D eigenvalue weighted by molar-refractivity contribution is 5.93. The number of nitrogens with two attached hydrogens (primary N) is 1. The van der Waals surface area contributed by atoms with Crippen LogP contribution in [0.4, 0.5) is 0 Å². The van der Waals surface area contributed by atoms with E-state index in [9.17, 15) is 4.79 Å². The minimum absolute atomic E-state index is 0.320. The number of hydrogen-bond acceptors (Lipinski definition) is 4. The van der Waals surface area contributed by atoms with Crippen molar-refractivity contribution in [1.82, 2.24) is 5.32 Å².